The van der Waals surface area contributed by atoms with Crippen LogP contribution in [0.3, 0.4) is 0 Å². The van der Waals surface area contributed by atoms with Crippen LogP contribution in [-0.2, 0) is 6.54 Å². The van der Waals surface area contributed by atoms with Crippen molar-refractivity contribution in [2.45, 2.75) is 6.54 Å². The summed E-state index contributed by atoms with van der Waals surface area (Å²) in [7, 11) is 4.76. The number of hydrazone groups is 1. The van der Waals surface area contributed by atoms with E-state index in [0.717, 1.165) is 5.56 Å². The summed E-state index contributed by atoms with van der Waals surface area (Å²) < 4.78 is 16.0. The van der Waals surface area contributed by atoms with E-state index in [1.165, 1.54) is 5.56 Å². The first-order chi connectivity index (χ1) is 10.8. The van der Waals surface area contributed by atoms with Crippen LogP contribution in [0.2, 0.25) is 0 Å². The van der Waals surface area contributed by atoms with Crippen LogP contribution in [0.4, 0.5) is 0 Å². The Hall–Kier alpha value is -2.69. The molecule has 0 radical (unpaired) electrons. The Kier molecular flexibility index (Phi) is 5.65. The Morgan fingerprint density at radius 3 is 2.27 bits per heavy atom. The Morgan fingerprint density at radius 2 is 1.64 bits per heavy atom. The van der Waals surface area contributed by atoms with Crippen molar-refractivity contribution < 1.29 is 14.2 Å². The van der Waals surface area contributed by atoms with Gasteiger partial charge < -0.3 is 19.6 Å². The van der Waals surface area contributed by atoms with Crippen LogP contribution in [0.15, 0.2) is 47.6 Å². The molecule has 2 aromatic rings. The largest absolute Gasteiger partial charge is 0.493 e. The SMILES string of the molecule is COc1ccc(C=NNCc2ccccc2)c(OC)c1OC. The summed E-state index contributed by atoms with van der Waals surface area (Å²) >= 11 is 0. The maximum Gasteiger partial charge on any atom is 0.203 e. The number of benzene rings is 2. The molecule has 0 atom stereocenters. The number of nitrogens with one attached hydrogen (secondary N) is 1. The minimum Gasteiger partial charge on any atom is -0.493 e. The third kappa shape index (κ3) is 3.69. The summed E-state index contributed by atoms with van der Waals surface area (Å²) in [5.41, 5.74) is 4.98. The number of ether oxygens (including phenoxy) is 3. The molecule has 116 valence electrons. The lowest BCUT2D eigenvalue weighted by Gasteiger charge is -2.13. The fraction of sp³-hybridized carbons (Fsp3) is 0.235. The van der Waals surface area contributed by atoms with Gasteiger partial charge in [-0.25, -0.2) is 0 Å². The first-order valence-electron chi connectivity index (χ1n) is 6.89. The molecule has 0 heterocycles. The van der Waals surface area contributed by atoms with Gasteiger partial charge in [0.2, 0.25) is 5.75 Å². The molecule has 5 nitrogen and oxygen atoms in total. The molecule has 2 aromatic carbocycles. The number of methoxy groups -OCH3 is 3. The van der Waals surface area contributed by atoms with Crippen LogP contribution >= 0.6 is 0 Å². The molecule has 2 rings (SSSR count). The van der Waals surface area contributed by atoms with Gasteiger partial charge in [0.1, 0.15) is 0 Å². The van der Waals surface area contributed by atoms with Crippen LogP contribution in [0.1, 0.15) is 11.1 Å². The summed E-state index contributed by atoms with van der Waals surface area (Å²) in [6.45, 7) is 0.660. The summed E-state index contributed by atoms with van der Waals surface area (Å²) in [6.07, 6.45) is 1.70. The van der Waals surface area contributed by atoms with E-state index in [4.69, 9.17) is 14.2 Å². The van der Waals surface area contributed by atoms with E-state index in [2.05, 4.69) is 10.5 Å². The van der Waals surface area contributed by atoms with Crippen LogP contribution < -0.4 is 19.6 Å². The average molecular weight is 300 g/mol. The van der Waals surface area contributed by atoms with Gasteiger partial charge in [-0.2, -0.15) is 5.10 Å². The molecule has 1 N–H and O–H groups in total. The topological polar surface area (TPSA) is 52.1 Å². The quantitative estimate of drug-likeness (QED) is 0.631. The monoisotopic (exact) mass is 300 g/mol. The second kappa shape index (κ2) is 7.93. The average Bonchev–Trinajstić information content (AvgIpc) is 2.58. The molecule has 0 spiro atoms. The molecule has 0 fully saturated rings. The van der Waals surface area contributed by atoms with Crippen molar-refractivity contribution >= 4 is 6.21 Å². The summed E-state index contributed by atoms with van der Waals surface area (Å²) in [5.74, 6) is 1.76. The smallest absolute Gasteiger partial charge is 0.203 e. The molecule has 0 aliphatic heterocycles. The molecule has 0 saturated heterocycles. The van der Waals surface area contributed by atoms with Crippen LogP contribution in [0.5, 0.6) is 17.2 Å². The molecule has 0 aliphatic rings. The third-order valence-corrected chi connectivity index (χ3v) is 3.16. The molecule has 0 aromatic heterocycles. The van der Waals surface area contributed by atoms with E-state index >= 15 is 0 Å². The van der Waals surface area contributed by atoms with Crippen LogP contribution in [-0.4, -0.2) is 27.5 Å². The van der Waals surface area contributed by atoms with Crippen molar-refractivity contribution in [3.05, 3.63) is 53.6 Å². The number of rotatable bonds is 7. The Labute approximate surface area is 130 Å². The van der Waals surface area contributed by atoms with Crippen molar-refractivity contribution in [1.29, 1.82) is 0 Å². The van der Waals surface area contributed by atoms with E-state index in [0.29, 0.717) is 23.8 Å². The minimum atomic E-state index is 0.553. The molecular weight excluding hydrogens is 280 g/mol. The lowest BCUT2D eigenvalue weighted by molar-refractivity contribution is 0.324. The molecular formula is C17H20N2O3. The second-order valence-electron chi connectivity index (χ2n) is 4.50. The lowest BCUT2D eigenvalue weighted by atomic mass is 10.2. The lowest BCUT2D eigenvalue weighted by Crippen LogP contribution is -2.06. The van der Waals surface area contributed by atoms with Crippen molar-refractivity contribution in [3.63, 3.8) is 0 Å². The van der Waals surface area contributed by atoms with Crippen molar-refractivity contribution in [1.82, 2.24) is 5.43 Å². The summed E-state index contributed by atoms with van der Waals surface area (Å²) in [4.78, 5) is 0. The predicted octanol–water partition coefficient (Wildman–Crippen LogP) is 2.84. The predicted molar refractivity (Wildman–Crippen MR) is 87.0 cm³/mol. The van der Waals surface area contributed by atoms with E-state index < -0.39 is 0 Å². The van der Waals surface area contributed by atoms with E-state index in [-0.39, 0.29) is 0 Å². The number of hydrogen-bond donors (Lipinski definition) is 1. The zero-order valence-electron chi connectivity index (χ0n) is 13.0. The third-order valence-electron chi connectivity index (χ3n) is 3.16. The molecule has 0 unspecified atom stereocenters. The van der Waals surface area contributed by atoms with Gasteiger partial charge in [0.15, 0.2) is 11.5 Å². The molecule has 0 bridgehead atoms. The van der Waals surface area contributed by atoms with Crippen LogP contribution in [0, 0.1) is 0 Å². The highest BCUT2D eigenvalue weighted by Gasteiger charge is 2.14. The Morgan fingerprint density at radius 1 is 0.909 bits per heavy atom. The maximum atomic E-state index is 5.40. The van der Waals surface area contributed by atoms with Crippen LogP contribution in [0.25, 0.3) is 0 Å². The molecule has 0 saturated carbocycles. The molecule has 0 aliphatic carbocycles. The number of hydrogen-bond acceptors (Lipinski definition) is 5. The van der Waals surface area contributed by atoms with Crippen molar-refractivity contribution in [2.24, 2.45) is 5.10 Å². The van der Waals surface area contributed by atoms with Gasteiger partial charge in [-0.3, -0.25) is 0 Å². The van der Waals surface area contributed by atoms with Crippen molar-refractivity contribution in [2.75, 3.05) is 21.3 Å². The zero-order chi connectivity index (χ0) is 15.8. The standard InChI is InChI=1S/C17H20N2O3/c1-20-15-10-9-14(16(21-2)17(15)22-3)12-19-18-11-13-7-5-4-6-8-13/h4-10,12,18H,11H2,1-3H3. The van der Waals surface area contributed by atoms with Gasteiger partial charge in [0.25, 0.3) is 0 Å². The first kappa shape index (κ1) is 15.7. The fourth-order valence-electron chi connectivity index (χ4n) is 2.07. The summed E-state index contributed by atoms with van der Waals surface area (Å²) in [5, 5.41) is 4.23. The molecule has 22 heavy (non-hydrogen) atoms. The van der Waals surface area contributed by atoms with Gasteiger partial charge in [0, 0.05) is 5.56 Å². The number of nitrogens with zero attached hydrogens (tertiary/aromatic N) is 1. The van der Waals surface area contributed by atoms with E-state index in [9.17, 15) is 0 Å². The Balaban J connectivity index is 2.10. The Bertz CT molecular complexity index is 627. The van der Waals surface area contributed by atoms with Gasteiger partial charge >= 0.3 is 0 Å². The van der Waals surface area contributed by atoms with Crippen molar-refractivity contribution in [3.8, 4) is 17.2 Å². The minimum absolute atomic E-state index is 0.553. The molecule has 0 amide bonds. The highest BCUT2D eigenvalue weighted by Crippen LogP contribution is 2.38. The highest BCUT2D eigenvalue weighted by molar-refractivity contribution is 5.86. The summed E-state index contributed by atoms with van der Waals surface area (Å²) in [6, 6.07) is 13.8. The van der Waals surface area contributed by atoms with Gasteiger partial charge in [-0.15, -0.1) is 0 Å². The molecule has 5 heteroatoms. The zero-order valence-corrected chi connectivity index (χ0v) is 13.0. The maximum absolute atomic E-state index is 5.40. The van der Waals surface area contributed by atoms with E-state index in [1.807, 2.05) is 42.5 Å². The highest BCUT2D eigenvalue weighted by atomic mass is 16.5. The van der Waals surface area contributed by atoms with Gasteiger partial charge in [0.05, 0.1) is 34.1 Å². The fourth-order valence-corrected chi connectivity index (χ4v) is 2.07. The normalized spacial score (nSPS) is 10.5. The van der Waals surface area contributed by atoms with Gasteiger partial charge in [-0.05, 0) is 17.7 Å². The van der Waals surface area contributed by atoms with E-state index in [1.54, 1.807) is 27.5 Å². The van der Waals surface area contributed by atoms with Gasteiger partial charge in [-0.1, -0.05) is 30.3 Å². The second-order valence-corrected chi connectivity index (χ2v) is 4.50. The first-order valence-corrected chi connectivity index (χ1v) is 6.89.